The first-order valence-corrected chi connectivity index (χ1v) is 8.16. The highest BCUT2D eigenvalue weighted by Crippen LogP contribution is 2.38. The summed E-state index contributed by atoms with van der Waals surface area (Å²) in [6.07, 6.45) is 4.09. The molecule has 0 aromatic rings. The monoisotopic (exact) mass is 170 g/mol. The molecule has 1 heterocycles. The summed E-state index contributed by atoms with van der Waals surface area (Å²) in [4.78, 5) is 0. The second-order valence-electron chi connectivity index (χ2n) is 4.68. The molecule has 1 saturated heterocycles. The van der Waals surface area contributed by atoms with E-state index in [1.165, 1.54) is 19.2 Å². The first-order valence-electron chi connectivity index (χ1n) is 4.58. The van der Waals surface area contributed by atoms with E-state index in [4.69, 9.17) is 4.65 Å². The van der Waals surface area contributed by atoms with Crippen molar-refractivity contribution in [3.05, 3.63) is 0 Å². The van der Waals surface area contributed by atoms with Crippen LogP contribution in [0.5, 0.6) is 0 Å². The maximum absolute atomic E-state index is 5.48. The van der Waals surface area contributed by atoms with Gasteiger partial charge in [0.25, 0.3) is 6.92 Å². The Hall–Kier alpha value is 0.242. The molecular formula is C8H19BOSi. The van der Waals surface area contributed by atoms with E-state index in [0.717, 1.165) is 5.44 Å². The maximum Gasteiger partial charge on any atom is 0.293 e. The van der Waals surface area contributed by atoms with E-state index in [-0.39, 0.29) is 0 Å². The van der Waals surface area contributed by atoms with Gasteiger partial charge in [-0.3, -0.25) is 0 Å². The van der Waals surface area contributed by atoms with E-state index in [1.807, 2.05) is 7.11 Å². The molecule has 0 aromatic carbocycles. The molecule has 3 heteroatoms. The molecular weight excluding hydrogens is 151 g/mol. The van der Waals surface area contributed by atoms with Gasteiger partial charge in [-0.05, 0) is 11.8 Å². The number of hydrogen-bond acceptors (Lipinski definition) is 1. The van der Waals surface area contributed by atoms with Crippen LogP contribution in [0, 0.1) is 0 Å². The predicted octanol–water partition coefficient (Wildman–Crippen LogP) is 2.67. The van der Waals surface area contributed by atoms with E-state index < -0.39 is 8.07 Å². The molecule has 0 aliphatic carbocycles. The fourth-order valence-corrected chi connectivity index (χ4v) is 4.69. The third-order valence-electron chi connectivity index (χ3n) is 2.87. The second-order valence-corrected chi connectivity index (χ2v) is 10.2. The average molecular weight is 170 g/mol. The first kappa shape index (κ1) is 9.33. The van der Waals surface area contributed by atoms with Gasteiger partial charge in [0.05, 0.1) is 0 Å². The fourth-order valence-electron chi connectivity index (χ4n) is 2.20. The first-order chi connectivity index (χ1) is 5.05. The lowest BCUT2D eigenvalue weighted by molar-refractivity contribution is 0.420. The van der Waals surface area contributed by atoms with Crippen molar-refractivity contribution in [2.45, 2.75) is 44.2 Å². The average Bonchev–Trinajstić information content (AvgIpc) is 2.31. The van der Waals surface area contributed by atoms with Crippen LogP contribution >= 0.6 is 0 Å². The highest BCUT2D eigenvalue weighted by Gasteiger charge is 2.40. The van der Waals surface area contributed by atoms with Crippen molar-refractivity contribution >= 4 is 15.0 Å². The minimum absolute atomic E-state index is 0.585. The Morgan fingerprint density at radius 3 is 2.36 bits per heavy atom. The molecule has 0 N–H and O–H groups in total. The molecule has 1 nitrogen and oxygen atoms in total. The van der Waals surface area contributed by atoms with E-state index in [0.29, 0.717) is 6.92 Å². The third-order valence-corrected chi connectivity index (χ3v) is 5.75. The Kier molecular flexibility index (Phi) is 2.81. The van der Waals surface area contributed by atoms with Crippen LogP contribution in [0.4, 0.5) is 0 Å². The van der Waals surface area contributed by atoms with Crippen molar-refractivity contribution in [3.63, 3.8) is 0 Å². The summed E-state index contributed by atoms with van der Waals surface area (Å²) in [5.41, 5.74) is 0.910. The van der Waals surface area contributed by atoms with Gasteiger partial charge in [-0.25, -0.2) is 0 Å². The lowest BCUT2D eigenvalue weighted by Gasteiger charge is -2.27. The molecule has 1 atom stereocenters. The zero-order valence-electron chi connectivity index (χ0n) is 8.18. The molecule has 0 saturated carbocycles. The van der Waals surface area contributed by atoms with E-state index in [9.17, 15) is 0 Å². The van der Waals surface area contributed by atoms with Crippen LogP contribution in [-0.4, -0.2) is 22.1 Å². The topological polar surface area (TPSA) is 9.23 Å². The zero-order valence-corrected chi connectivity index (χ0v) is 9.18. The molecule has 0 unspecified atom stereocenters. The summed E-state index contributed by atoms with van der Waals surface area (Å²) in [6, 6.07) is 0. The minimum atomic E-state index is -0.933. The Morgan fingerprint density at radius 2 is 2.00 bits per heavy atom. The SMILES string of the molecule is COB1CCC[C@H]1[Si](C)(C)C. The normalized spacial score (nSPS) is 26.2. The van der Waals surface area contributed by atoms with Crippen molar-refractivity contribution in [3.8, 4) is 0 Å². The Bertz CT molecular complexity index is 133. The van der Waals surface area contributed by atoms with Gasteiger partial charge < -0.3 is 4.65 Å². The van der Waals surface area contributed by atoms with Crippen LogP contribution in [0.1, 0.15) is 12.8 Å². The summed E-state index contributed by atoms with van der Waals surface area (Å²) in [5.74, 6) is 0. The number of hydrogen-bond donors (Lipinski definition) is 0. The highest BCUT2D eigenvalue weighted by atomic mass is 28.3. The summed E-state index contributed by atoms with van der Waals surface area (Å²) in [5, 5.41) is 0. The predicted molar refractivity (Wildman–Crippen MR) is 53.9 cm³/mol. The minimum Gasteiger partial charge on any atom is -0.439 e. The van der Waals surface area contributed by atoms with Gasteiger partial charge in [0.2, 0.25) is 0 Å². The zero-order chi connectivity index (χ0) is 8.48. The third kappa shape index (κ3) is 2.09. The molecule has 0 radical (unpaired) electrons. The Labute approximate surface area is 71.6 Å². The van der Waals surface area contributed by atoms with Gasteiger partial charge in [-0.2, -0.15) is 0 Å². The summed E-state index contributed by atoms with van der Waals surface area (Å²) in [7, 11) is 0.931. The van der Waals surface area contributed by atoms with Crippen LogP contribution in [0.15, 0.2) is 0 Å². The number of rotatable bonds is 2. The maximum atomic E-state index is 5.48. The van der Waals surface area contributed by atoms with Gasteiger partial charge >= 0.3 is 0 Å². The molecule has 1 rings (SSSR count). The largest absolute Gasteiger partial charge is 0.439 e. The van der Waals surface area contributed by atoms with Gasteiger partial charge in [-0.1, -0.05) is 32.5 Å². The van der Waals surface area contributed by atoms with Crippen LogP contribution < -0.4 is 0 Å². The Morgan fingerprint density at radius 1 is 1.36 bits per heavy atom. The molecule has 11 heavy (non-hydrogen) atoms. The quantitative estimate of drug-likeness (QED) is 0.579. The lowest BCUT2D eigenvalue weighted by Crippen LogP contribution is -2.36. The van der Waals surface area contributed by atoms with Crippen molar-refractivity contribution in [1.82, 2.24) is 0 Å². The molecule has 64 valence electrons. The van der Waals surface area contributed by atoms with Gasteiger partial charge in [0.15, 0.2) is 0 Å². The van der Waals surface area contributed by atoms with E-state index >= 15 is 0 Å². The lowest BCUT2D eigenvalue weighted by atomic mass is 9.66. The van der Waals surface area contributed by atoms with Gasteiger partial charge in [0.1, 0.15) is 0 Å². The van der Waals surface area contributed by atoms with Gasteiger partial charge in [0, 0.05) is 15.2 Å². The van der Waals surface area contributed by atoms with Crippen LogP contribution in [0.3, 0.4) is 0 Å². The van der Waals surface area contributed by atoms with E-state index in [1.54, 1.807) is 0 Å². The molecule has 1 fully saturated rings. The van der Waals surface area contributed by atoms with Crippen LogP contribution in [0.2, 0.25) is 31.4 Å². The van der Waals surface area contributed by atoms with Crippen LogP contribution in [-0.2, 0) is 4.65 Å². The molecule has 1 aliphatic heterocycles. The van der Waals surface area contributed by atoms with Crippen molar-refractivity contribution in [2.24, 2.45) is 0 Å². The van der Waals surface area contributed by atoms with Crippen LogP contribution in [0.25, 0.3) is 0 Å². The molecule has 0 amide bonds. The van der Waals surface area contributed by atoms with Gasteiger partial charge in [-0.15, -0.1) is 0 Å². The molecule has 0 spiro atoms. The smallest absolute Gasteiger partial charge is 0.293 e. The Balaban J connectivity index is 2.57. The summed E-state index contributed by atoms with van der Waals surface area (Å²) in [6.45, 7) is 7.95. The summed E-state index contributed by atoms with van der Waals surface area (Å²) < 4.78 is 5.48. The van der Waals surface area contributed by atoms with E-state index in [2.05, 4.69) is 19.6 Å². The molecule has 0 bridgehead atoms. The van der Waals surface area contributed by atoms with Crippen molar-refractivity contribution in [2.75, 3.05) is 7.11 Å². The second kappa shape index (κ2) is 3.32. The molecule has 0 aromatic heterocycles. The van der Waals surface area contributed by atoms with Crippen molar-refractivity contribution in [1.29, 1.82) is 0 Å². The summed E-state index contributed by atoms with van der Waals surface area (Å²) >= 11 is 0. The van der Waals surface area contributed by atoms with Crippen molar-refractivity contribution < 1.29 is 4.65 Å². The highest BCUT2D eigenvalue weighted by molar-refractivity contribution is 6.88. The fraction of sp³-hybridized carbons (Fsp3) is 1.00. The molecule has 1 aliphatic rings. The standard InChI is InChI=1S/C8H19BOSi/c1-10-9-7-5-6-8(9)11(2,3)4/h8H,5-7H2,1-4H3/t8-/m1/s1.